The molecule has 3 atom stereocenters. The van der Waals surface area contributed by atoms with Crippen LogP contribution >= 0.6 is 11.3 Å². The number of hydrogen-bond acceptors (Lipinski definition) is 6. The summed E-state index contributed by atoms with van der Waals surface area (Å²) in [6.07, 6.45) is 4.66. The highest BCUT2D eigenvalue weighted by Gasteiger charge is 2.41. The average Bonchev–Trinajstić information content (AvgIpc) is 3.62. The molecule has 2 aromatic carbocycles. The van der Waals surface area contributed by atoms with E-state index in [0.717, 1.165) is 39.2 Å². The first-order chi connectivity index (χ1) is 19.2. The topological polar surface area (TPSA) is 99.7 Å². The molecule has 40 heavy (non-hydrogen) atoms. The van der Waals surface area contributed by atoms with Gasteiger partial charge in [-0.25, -0.2) is 17.7 Å². The zero-order valence-electron chi connectivity index (χ0n) is 23.4. The van der Waals surface area contributed by atoms with E-state index in [1.807, 2.05) is 43.0 Å². The summed E-state index contributed by atoms with van der Waals surface area (Å²) in [6.45, 7) is 5.15. The van der Waals surface area contributed by atoms with Gasteiger partial charge in [0, 0.05) is 31.1 Å². The smallest absolute Gasteiger partial charge is 0.246 e. The van der Waals surface area contributed by atoms with E-state index in [9.17, 15) is 18.0 Å². The van der Waals surface area contributed by atoms with Crippen LogP contribution in [0.3, 0.4) is 0 Å². The largest absolute Gasteiger partial charge is 0.344 e. The SMILES string of the molecule is CC[C@@H](C)C(=O)N[C@H](C(=O)N1CCC[C@H]1c1nc2c(-c3ccccc3)cccc2s1)C1CCN(S(C)(=O)=O)CC1. The number of carbonyl (C=O) groups is 2. The van der Waals surface area contributed by atoms with Crippen molar-refractivity contribution in [3.05, 3.63) is 53.5 Å². The summed E-state index contributed by atoms with van der Waals surface area (Å²) in [6, 6.07) is 15.6. The molecule has 2 amide bonds. The normalized spacial score (nSPS) is 20.5. The number of nitrogens with zero attached hydrogens (tertiary/aromatic N) is 3. The minimum absolute atomic E-state index is 0.0838. The van der Waals surface area contributed by atoms with E-state index in [2.05, 4.69) is 29.6 Å². The summed E-state index contributed by atoms with van der Waals surface area (Å²) in [5.74, 6) is -0.546. The molecule has 2 aliphatic rings. The van der Waals surface area contributed by atoms with Crippen LogP contribution in [0.25, 0.3) is 21.3 Å². The van der Waals surface area contributed by atoms with Crippen molar-refractivity contribution in [2.75, 3.05) is 25.9 Å². The third-order valence-electron chi connectivity index (χ3n) is 8.40. The van der Waals surface area contributed by atoms with E-state index in [0.29, 0.717) is 38.9 Å². The molecule has 0 unspecified atom stereocenters. The molecule has 10 heteroatoms. The Bertz CT molecular complexity index is 1470. The molecular weight excluding hydrogens is 544 g/mol. The van der Waals surface area contributed by atoms with Crippen molar-refractivity contribution in [3.8, 4) is 11.1 Å². The van der Waals surface area contributed by atoms with Gasteiger partial charge in [-0.15, -0.1) is 11.3 Å². The number of nitrogens with one attached hydrogen (secondary N) is 1. The van der Waals surface area contributed by atoms with Gasteiger partial charge in [-0.1, -0.05) is 56.3 Å². The van der Waals surface area contributed by atoms with Crippen molar-refractivity contribution >= 4 is 43.4 Å². The summed E-state index contributed by atoms with van der Waals surface area (Å²) in [7, 11) is -3.29. The lowest BCUT2D eigenvalue weighted by Gasteiger charge is -2.37. The first-order valence-electron chi connectivity index (χ1n) is 14.2. The highest BCUT2D eigenvalue weighted by atomic mass is 32.2. The van der Waals surface area contributed by atoms with Gasteiger partial charge in [0.25, 0.3) is 0 Å². The number of aromatic nitrogens is 1. The highest BCUT2D eigenvalue weighted by molar-refractivity contribution is 7.88. The Morgan fingerprint density at radius 3 is 2.45 bits per heavy atom. The van der Waals surface area contributed by atoms with E-state index in [-0.39, 0.29) is 29.7 Å². The van der Waals surface area contributed by atoms with Gasteiger partial charge in [0.1, 0.15) is 11.0 Å². The maximum atomic E-state index is 14.2. The molecule has 3 heterocycles. The summed E-state index contributed by atoms with van der Waals surface area (Å²) in [5.41, 5.74) is 3.13. The first kappa shape index (κ1) is 28.7. The summed E-state index contributed by atoms with van der Waals surface area (Å²) >= 11 is 1.63. The average molecular weight is 583 g/mol. The van der Waals surface area contributed by atoms with Crippen LogP contribution in [0, 0.1) is 11.8 Å². The number of fused-ring (bicyclic) bond motifs is 1. The zero-order chi connectivity index (χ0) is 28.4. The fourth-order valence-corrected chi connectivity index (χ4v) is 7.84. The summed E-state index contributed by atoms with van der Waals surface area (Å²) in [5, 5.41) is 4.00. The Kier molecular flexibility index (Phi) is 8.58. The number of amides is 2. The van der Waals surface area contributed by atoms with Crippen LogP contribution in [0.1, 0.15) is 57.0 Å². The van der Waals surface area contributed by atoms with Crippen LogP contribution < -0.4 is 5.32 Å². The van der Waals surface area contributed by atoms with Gasteiger partial charge in [-0.05, 0) is 49.7 Å². The molecule has 1 aromatic heterocycles. The molecule has 0 saturated carbocycles. The summed E-state index contributed by atoms with van der Waals surface area (Å²) in [4.78, 5) is 34.2. The van der Waals surface area contributed by atoms with Crippen LogP contribution in [-0.2, 0) is 19.6 Å². The van der Waals surface area contributed by atoms with Crippen molar-refractivity contribution in [2.45, 2.75) is 58.0 Å². The number of piperidine rings is 1. The zero-order valence-corrected chi connectivity index (χ0v) is 25.0. The second-order valence-electron chi connectivity index (χ2n) is 11.1. The standard InChI is InChI=1S/C30H38N4O4S2/c1-4-20(2)28(35)31-26(22-15-18-33(19-16-22)40(3,37)38)30(36)34-17-9-13-24(34)29-32-27-23(12-8-14-25(27)39-29)21-10-6-5-7-11-21/h5-8,10-12,14,20,22,24,26H,4,9,13,15-19H2,1-3H3,(H,31,35)/t20-,24+,26+/m1/s1. The van der Waals surface area contributed by atoms with Gasteiger partial charge in [-0.2, -0.15) is 0 Å². The molecule has 3 aromatic rings. The van der Waals surface area contributed by atoms with Gasteiger partial charge < -0.3 is 10.2 Å². The second-order valence-corrected chi connectivity index (χ2v) is 14.1. The van der Waals surface area contributed by atoms with E-state index >= 15 is 0 Å². The number of likely N-dealkylation sites (tertiary alicyclic amines) is 1. The number of rotatable bonds is 8. The van der Waals surface area contributed by atoms with Crippen molar-refractivity contribution < 1.29 is 18.0 Å². The van der Waals surface area contributed by atoms with Crippen molar-refractivity contribution in [2.24, 2.45) is 11.8 Å². The molecule has 0 bridgehead atoms. The molecular formula is C30H38N4O4S2. The molecule has 2 aliphatic heterocycles. The summed E-state index contributed by atoms with van der Waals surface area (Å²) < 4.78 is 26.7. The lowest BCUT2D eigenvalue weighted by molar-refractivity contribution is -0.140. The molecule has 0 radical (unpaired) electrons. The number of para-hydroxylation sites is 1. The Balaban J connectivity index is 1.42. The quantitative estimate of drug-likeness (QED) is 0.410. The van der Waals surface area contributed by atoms with Crippen molar-refractivity contribution in [3.63, 3.8) is 0 Å². The van der Waals surface area contributed by atoms with Gasteiger partial charge in [0.2, 0.25) is 21.8 Å². The molecule has 8 nitrogen and oxygen atoms in total. The molecule has 214 valence electrons. The Labute approximate surface area is 240 Å². The van der Waals surface area contributed by atoms with Crippen molar-refractivity contribution in [1.82, 2.24) is 19.5 Å². The number of carbonyl (C=O) groups excluding carboxylic acids is 2. The predicted molar refractivity (Wildman–Crippen MR) is 159 cm³/mol. The number of thiazole rings is 1. The van der Waals surface area contributed by atoms with Crippen LogP contribution in [-0.4, -0.2) is 66.4 Å². The third-order valence-corrected chi connectivity index (χ3v) is 10.8. The van der Waals surface area contributed by atoms with Gasteiger partial charge in [0.15, 0.2) is 0 Å². The lowest BCUT2D eigenvalue weighted by atomic mass is 9.88. The van der Waals surface area contributed by atoms with Crippen molar-refractivity contribution in [1.29, 1.82) is 0 Å². The molecule has 0 spiro atoms. The maximum Gasteiger partial charge on any atom is 0.246 e. The Hall–Kier alpha value is -2.82. The monoisotopic (exact) mass is 582 g/mol. The van der Waals surface area contributed by atoms with Crippen LogP contribution in [0.5, 0.6) is 0 Å². The molecule has 2 fully saturated rings. The molecule has 2 saturated heterocycles. The predicted octanol–water partition coefficient (Wildman–Crippen LogP) is 4.83. The third kappa shape index (κ3) is 5.94. The number of benzene rings is 2. The Morgan fingerprint density at radius 2 is 1.77 bits per heavy atom. The molecule has 5 rings (SSSR count). The number of sulfonamides is 1. The lowest BCUT2D eigenvalue weighted by Crippen LogP contribution is -2.55. The van der Waals surface area contributed by atoms with Gasteiger partial charge in [-0.3, -0.25) is 9.59 Å². The fourth-order valence-electron chi connectivity index (χ4n) is 5.83. The number of hydrogen-bond donors (Lipinski definition) is 1. The van der Waals surface area contributed by atoms with Gasteiger partial charge >= 0.3 is 0 Å². The minimum Gasteiger partial charge on any atom is -0.344 e. The second kappa shape index (κ2) is 12.0. The van der Waals surface area contributed by atoms with Crippen LogP contribution in [0.2, 0.25) is 0 Å². The molecule has 1 N–H and O–H groups in total. The van der Waals surface area contributed by atoms with E-state index in [1.54, 1.807) is 11.3 Å². The minimum atomic E-state index is -3.29. The van der Waals surface area contributed by atoms with Gasteiger partial charge in [0.05, 0.1) is 22.5 Å². The molecule has 0 aliphatic carbocycles. The first-order valence-corrected chi connectivity index (χ1v) is 16.8. The van der Waals surface area contributed by atoms with E-state index in [1.165, 1.54) is 10.6 Å². The maximum absolute atomic E-state index is 14.2. The highest BCUT2D eigenvalue weighted by Crippen LogP contribution is 2.40. The van der Waals surface area contributed by atoms with E-state index in [4.69, 9.17) is 4.98 Å². The Morgan fingerprint density at radius 1 is 1.05 bits per heavy atom. The van der Waals surface area contributed by atoms with Crippen LogP contribution in [0.4, 0.5) is 0 Å². The van der Waals surface area contributed by atoms with Crippen LogP contribution in [0.15, 0.2) is 48.5 Å². The fraction of sp³-hybridized carbons (Fsp3) is 0.500. The van der Waals surface area contributed by atoms with E-state index < -0.39 is 16.1 Å².